The number of carbonyl (C=O) groups is 2. The van der Waals surface area contributed by atoms with E-state index in [9.17, 15) is 18.0 Å². The van der Waals surface area contributed by atoms with Crippen molar-refractivity contribution in [3.63, 3.8) is 0 Å². The third-order valence-electron chi connectivity index (χ3n) is 2.27. The second-order valence-corrected chi connectivity index (χ2v) is 5.54. The minimum Gasteiger partial charge on any atom is -0.480 e. The van der Waals surface area contributed by atoms with E-state index in [2.05, 4.69) is 0 Å². The average Bonchev–Trinajstić information content (AvgIpc) is 2.37. The van der Waals surface area contributed by atoms with Crippen LogP contribution < -0.4 is 10.5 Å². The molecular formula is C11H11N3O5S. The van der Waals surface area contributed by atoms with Crippen LogP contribution >= 0.6 is 0 Å². The zero-order chi connectivity index (χ0) is 15.3. The number of amides is 1. The summed E-state index contributed by atoms with van der Waals surface area (Å²) >= 11 is 0. The first-order chi connectivity index (χ1) is 9.26. The number of nitrogens with one attached hydrogen (secondary N) is 1. The average molecular weight is 297 g/mol. The van der Waals surface area contributed by atoms with Gasteiger partial charge < -0.3 is 10.8 Å². The number of primary amides is 1. The number of aliphatic carboxylic acids is 1. The molecule has 0 spiro atoms. The summed E-state index contributed by atoms with van der Waals surface area (Å²) in [4.78, 5) is 21.3. The molecular weight excluding hydrogens is 286 g/mol. The summed E-state index contributed by atoms with van der Waals surface area (Å²) in [5.41, 5.74) is 4.96. The highest BCUT2D eigenvalue weighted by Gasteiger charge is 2.27. The van der Waals surface area contributed by atoms with Gasteiger partial charge in [0.05, 0.1) is 22.9 Å². The quantitative estimate of drug-likeness (QED) is 0.623. The molecule has 20 heavy (non-hydrogen) atoms. The molecule has 0 aromatic heterocycles. The summed E-state index contributed by atoms with van der Waals surface area (Å²) in [5.74, 6) is -2.48. The van der Waals surface area contributed by atoms with Crippen LogP contribution in [-0.4, -0.2) is 31.4 Å². The van der Waals surface area contributed by atoms with Gasteiger partial charge in [0.25, 0.3) is 0 Å². The highest BCUT2D eigenvalue weighted by Crippen LogP contribution is 2.12. The van der Waals surface area contributed by atoms with E-state index in [0.717, 1.165) is 6.07 Å². The number of carboxylic acid groups (broad SMARTS) is 1. The molecule has 1 amide bonds. The van der Waals surface area contributed by atoms with Crippen LogP contribution in [-0.2, 0) is 19.6 Å². The zero-order valence-electron chi connectivity index (χ0n) is 10.1. The monoisotopic (exact) mass is 297 g/mol. The molecule has 0 bridgehead atoms. The molecule has 0 radical (unpaired) electrons. The van der Waals surface area contributed by atoms with E-state index in [4.69, 9.17) is 16.1 Å². The second-order valence-electron chi connectivity index (χ2n) is 3.82. The molecule has 1 atom stereocenters. The predicted molar refractivity (Wildman–Crippen MR) is 66.7 cm³/mol. The van der Waals surface area contributed by atoms with Crippen LogP contribution in [0.25, 0.3) is 0 Å². The van der Waals surface area contributed by atoms with E-state index in [-0.39, 0.29) is 10.5 Å². The fraction of sp³-hybridized carbons (Fsp3) is 0.182. The Morgan fingerprint density at radius 3 is 2.60 bits per heavy atom. The van der Waals surface area contributed by atoms with Crippen molar-refractivity contribution >= 4 is 21.9 Å². The summed E-state index contributed by atoms with van der Waals surface area (Å²) in [6, 6.07) is 5.14. The van der Waals surface area contributed by atoms with E-state index < -0.39 is 34.4 Å². The zero-order valence-corrected chi connectivity index (χ0v) is 10.9. The van der Waals surface area contributed by atoms with Crippen LogP contribution in [0.5, 0.6) is 0 Å². The Kier molecular flexibility index (Phi) is 4.79. The predicted octanol–water partition coefficient (Wildman–Crippen LogP) is -0.835. The third kappa shape index (κ3) is 4.04. The number of carboxylic acids is 1. The number of carbonyl (C=O) groups excluding carboxylic acids is 1. The van der Waals surface area contributed by atoms with Gasteiger partial charge in [-0.3, -0.25) is 9.59 Å². The molecule has 0 fully saturated rings. The lowest BCUT2D eigenvalue weighted by Gasteiger charge is -2.13. The lowest BCUT2D eigenvalue weighted by Crippen LogP contribution is -2.43. The van der Waals surface area contributed by atoms with Gasteiger partial charge in [0, 0.05) is 0 Å². The Balaban J connectivity index is 3.06. The van der Waals surface area contributed by atoms with E-state index in [1.54, 1.807) is 6.07 Å². The van der Waals surface area contributed by atoms with Crippen LogP contribution in [0.3, 0.4) is 0 Å². The molecule has 1 aromatic carbocycles. The van der Waals surface area contributed by atoms with Crippen LogP contribution in [0.15, 0.2) is 29.2 Å². The van der Waals surface area contributed by atoms with Crippen molar-refractivity contribution in [2.24, 2.45) is 5.73 Å². The number of sulfonamides is 1. The third-order valence-corrected chi connectivity index (χ3v) is 3.74. The summed E-state index contributed by atoms with van der Waals surface area (Å²) < 4.78 is 25.8. The van der Waals surface area contributed by atoms with E-state index in [1.807, 2.05) is 4.72 Å². The lowest BCUT2D eigenvalue weighted by molar-refractivity contribution is -0.140. The molecule has 8 nitrogen and oxygen atoms in total. The van der Waals surface area contributed by atoms with E-state index >= 15 is 0 Å². The molecule has 0 heterocycles. The first-order valence-electron chi connectivity index (χ1n) is 5.30. The highest BCUT2D eigenvalue weighted by molar-refractivity contribution is 7.89. The van der Waals surface area contributed by atoms with Crippen molar-refractivity contribution in [3.05, 3.63) is 29.8 Å². The molecule has 9 heteroatoms. The van der Waals surface area contributed by atoms with Crippen LogP contribution in [0.1, 0.15) is 12.0 Å². The van der Waals surface area contributed by atoms with Crippen LogP contribution in [0, 0.1) is 11.3 Å². The van der Waals surface area contributed by atoms with Crippen molar-refractivity contribution < 1.29 is 23.1 Å². The number of nitrogens with zero attached hydrogens (tertiary/aromatic N) is 1. The number of nitriles is 1. The Morgan fingerprint density at radius 1 is 1.45 bits per heavy atom. The van der Waals surface area contributed by atoms with Gasteiger partial charge in [0.1, 0.15) is 6.04 Å². The van der Waals surface area contributed by atoms with E-state index in [1.165, 1.54) is 18.2 Å². The molecule has 0 aliphatic heterocycles. The molecule has 0 unspecified atom stereocenters. The Hall–Kier alpha value is -2.44. The fourth-order valence-corrected chi connectivity index (χ4v) is 2.60. The topological polar surface area (TPSA) is 150 Å². The molecule has 1 aromatic rings. The van der Waals surface area contributed by atoms with Gasteiger partial charge in [-0.1, -0.05) is 6.07 Å². The van der Waals surface area contributed by atoms with Gasteiger partial charge in [-0.15, -0.1) is 0 Å². The van der Waals surface area contributed by atoms with Gasteiger partial charge in [-0.05, 0) is 18.2 Å². The number of rotatable bonds is 6. The summed E-state index contributed by atoms with van der Waals surface area (Å²) in [6.07, 6.45) is -0.674. The first kappa shape index (κ1) is 15.6. The second kappa shape index (κ2) is 6.14. The van der Waals surface area contributed by atoms with Gasteiger partial charge >= 0.3 is 5.97 Å². The van der Waals surface area contributed by atoms with Gasteiger partial charge in [0.2, 0.25) is 15.9 Å². The van der Waals surface area contributed by atoms with Crippen molar-refractivity contribution in [1.82, 2.24) is 4.72 Å². The van der Waals surface area contributed by atoms with Crippen molar-refractivity contribution in [1.29, 1.82) is 5.26 Å². The van der Waals surface area contributed by atoms with Crippen molar-refractivity contribution in [3.8, 4) is 6.07 Å². The molecule has 0 saturated heterocycles. The largest absolute Gasteiger partial charge is 0.480 e. The van der Waals surface area contributed by atoms with Crippen LogP contribution in [0.2, 0.25) is 0 Å². The van der Waals surface area contributed by atoms with Crippen molar-refractivity contribution in [2.75, 3.05) is 0 Å². The summed E-state index contributed by atoms with van der Waals surface area (Å²) in [7, 11) is -4.17. The first-order valence-corrected chi connectivity index (χ1v) is 6.78. The number of hydrogen-bond donors (Lipinski definition) is 3. The summed E-state index contributed by atoms with van der Waals surface area (Å²) in [6.45, 7) is 0. The fourth-order valence-electron chi connectivity index (χ4n) is 1.37. The van der Waals surface area contributed by atoms with Gasteiger partial charge in [-0.2, -0.15) is 9.98 Å². The standard InChI is InChI=1S/C11H11N3O5S/c12-6-7-2-1-3-8(4-7)20(18,19)14-9(11(16)17)5-10(13)15/h1-4,9,14H,5H2,(H2,13,15)(H,16,17)/t9-/m0/s1. The van der Waals surface area contributed by atoms with Crippen molar-refractivity contribution in [2.45, 2.75) is 17.4 Å². The van der Waals surface area contributed by atoms with Crippen LogP contribution in [0.4, 0.5) is 0 Å². The molecule has 0 saturated carbocycles. The maximum atomic E-state index is 12.0. The smallest absolute Gasteiger partial charge is 0.322 e. The number of benzene rings is 1. The van der Waals surface area contributed by atoms with Gasteiger partial charge in [-0.25, -0.2) is 8.42 Å². The number of nitrogens with two attached hydrogens (primary N) is 1. The highest BCUT2D eigenvalue weighted by atomic mass is 32.2. The van der Waals surface area contributed by atoms with Gasteiger partial charge in [0.15, 0.2) is 0 Å². The minimum absolute atomic E-state index is 0.106. The maximum absolute atomic E-state index is 12.0. The molecule has 4 N–H and O–H groups in total. The summed E-state index contributed by atoms with van der Waals surface area (Å²) in [5, 5.41) is 17.5. The normalized spacial score (nSPS) is 12.3. The maximum Gasteiger partial charge on any atom is 0.322 e. The molecule has 0 aliphatic carbocycles. The Bertz CT molecular complexity index is 678. The minimum atomic E-state index is -4.17. The lowest BCUT2D eigenvalue weighted by atomic mass is 10.2. The SMILES string of the molecule is N#Cc1cccc(S(=O)(=O)N[C@@H](CC(N)=O)C(=O)O)c1. The molecule has 106 valence electrons. The van der Waals surface area contributed by atoms with E-state index in [0.29, 0.717) is 0 Å². The Morgan fingerprint density at radius 2 is 2.10 bits per heavy atom. The number of hydrogen-bond acceptors (Lipinski definition) is 5. The Labute approximate surface area is 114 Å². The molecule has 1 rings (SSSR count). The molecule has 0 aliphatic rings.